The zero-order valence-electron chi connectivity index (χ0n) is 14.3. The van der Waals surface area contributed by atoms with Gasteiger partial charge in [0.25, 0.3) is 0 Å². The van der Waals surface area contributed by atoms with Crippen LogP contribution in [0.25, 0.3) is 10.9 Å². The van der Waals surface area contributed by atoms with Crippen LogP contribution in [0.2, 0.25) is 0 Å². The van der Waals surface area contributed by atoms with E-state index in [9.17, 15) is 10.4 Å². The summed E-state index contributed by atoms with van der Waals surface area (Å²) >= 11 is 3.48. The lowest BCUT2D eigenvalue weighted by Gasteiger charge is -2.42. The number of hydrogen-bond acceptors (Lipinski definition) is 5. The van der Waals surface area contributed by atoms with Crippen LogP contribution in [0.5, 0.6) is 5.75 Å². The van der Waals surface area contributed by atoms with Crippen molar-refractivity contribution in [1.82, 2.24) is 9.78 Å². The van der Waals surface area contributed by atoms with Crippen LogP contribution in [0.1, 0.15) is 31.0 Å². The topological polar surface area (TPSA) is 97.1 Å². The summed E-state index contributed by atoms with van der Waals surface area (Å²) in [5.74, 6) is 1.02. The van der Waals surface area contributed by atoms with Gasteiger partial charge in [-0.25, -0.2) is 0 Å². The Morgan fingerprint density at radius 2 is 2.08 bits per heavy atom. The third-order valence-electron chi connectivity index (χ3n) is 4.80. The van der Waals surface area contributed by atoms with Crippen LogP contribution in [0, 0.1) is 11.3 Å². The monoisotopic (exact) mass is 412 g/mol. The molecule has 0 fully saturated rings. The van der Waals surface area contributed by atoms with E-state index in [1.807, 2.05) is 32.0 Å². The van der Waals surface area contributed by atoms with Gasteiger partial charge >= 0.3 is 0 Å². The van der Waals surface area contributed by atoms with Gasteiger partial charge < -0.3 is 15.6 Å². The zero-order valence-corrected chi connectivity index (χ0v) is 15.9. The molecule has 4 rings (SSSR count). The molecule has 3 N–H and O–H groups in total. The number of rotatable bonds is 1. The number of nitriles is 1. The van der Waals surface area contributed by atoms with Gasteiger partial charge in [-0.3, -0.25) is 4.68 Å². The Balaban J connectivity index is 2.02. The minimum atomic E-state index is -0.884. The molecule has 0 aliphatic carbocycles. The molecule has 0 saturated carbocycles. The lowest BCUT2D eigenvalue weighted by atomic mass is 9.86. The third-order valence-corrected chi connectivity index (χ3v) is 5.30. The van der Waals surface area contributed by atoms with Crippen molar-refractivity contribution < 1.29 is 9.84 Å². The fraction of sp³-hybridized carbons (Fsp3) is 0.263. The Hall–Kier alpha value is -2.56. The highest BCUT2D eigenvalue weighted by atomic mass is 79.9. The summed E-state index contributed by atoms with van der Waals surface area (Å²) in [5.41, 5.74) is 7.28. The molecule has 6 nitrogen and oxygen atoms in total. The number of aliphatic hydroxyl groups excluding tert-OH is 1. The smallest absolute Gasteiger partial charge is 0.153 e. The highest BCUT2D eigenvalue weighted by Gasteiger charge is 2.45. The van der Waals surface area contributed by atoms with E-state index < -0.39 is 17.7 Å². The molecule has 2 aromatic carbocycles. The molecule has 132 valence electrons. The van der Waals surface area contributed by atoms with Crippen molar-refractivity contribution in [2.75, 3.05) is 5.73 Å². The highest BCUT2D eigenvalue weighted by Crippen LogP contribution is 2.43. The Labute approximate surface area is 158 Å². The number of nitrogens with two attached hydrogens (primary N) is 1. The van der Waals surface area contributed by atoms with Crippen LogP contribution in [-0.4, -0.2) is 26.6 Å². The number of nitrogens with zero attached hydrogens (tertiary/aromatic N) is 3. The van der Waals surface area contributed by atoms with Crippen LogP contribution in [0.15, 0.2) is 40.9 Å². The summed E-state index contributed by atoms with van der Waals surface area (Å²) < 4.78 is 8.60. The first-order chi connectivity index (χ1) is 12.3. The number of fused-ring (bicyclic) bond motifs is 2. The van der Waals surface area contributed by atoms with Crippen molar-refractivity contribution in [2.45, 2.75) is 31.6 Å². The Kier molecular flexibility index (Phi) is 3.72. The summed E-state index contributed by atoms with van der Waals surface area (Å²) in [5, 5.41) is 25.7. The quantitative estimate of drug-likeness (QED) is 0.638. The van der Waals surface area contributed by atoms with Crippen LogP contribution in [0.3, 0.4) is 0 Å². The van der Waals surface area contributed by atoms with Crippen molar-refractivity contribution in [2.24, 2.45) is 0 Å². The summed E-state index contributed by atoms with van der Waals surface area (Å²) in [7, 11) is 0. The molecule has 0 saturated heterocycles. The number of aromatic nitrogens is 2. The molecule has 0 radical (unpaired) electrons. The second-order valence-electron chi connectivity index (χ2n) is 6.95. The van der Waals surface area contributed by atoms with Gasteiger partial charge in [-0.15, -0.1) is 0 Å². The van der Waals surface area contributed by atoms with E-state index in [0.717, 1.165) is 15.4 Å². The molecule has 2 atom stereocenters. The Morgan fingerprint density at radius 3 is 2.81 bits per heavy atom. The van der Waals surface area contributed by atoms with Crippen molar-refractivity contribution >= 4 is 32.7 Å². The lowest BCUT2D eigenvalue weighted by molar-refractivity contribution is -0.0649. The first-order valence-electron chi connectivity index (χ1n) is 8.16. The van der Waals surface area contributed by atoms with E-state index in [1.54, 1.807) is 22.9 Å². The fourth-order valence-electron chi connectivity index (χ4n) is 3.45. The first-order valence-corrected chi connectivity index (χ1v) is 8.95. The molecule has 3 aromatic rings. The number of aliphatic hydroxyl groups is 1. The van der Waals surface area contributed by atoms with E-state index >= 15 is 0 Å². The molecular weight excluding hydrogens is 396 g/mol. The maximum Gasteiger partial charge on any atom is 0.153 e. The van der Waals surface area contributed by atoms with Crippen LogP contribution in [-0.2, 0) is 0 Å². The zero-order chi connectivity index (χ0) is 18.6. The summed E-state index contributed by atoms with van der Waals surface area (Å²) in [6, 6.07) is 12.5. The molecule has 0 bridgehead atoms. The summed E-state index contributed by atoms with van der Waals surface area (Å²) in [6.07, 6.45) is -0.884. The van der Waals surface area contributed by atoms with Gasteiger partial charge in [-0.1, -0.05) is 15.9 Å². The molecular formula is C19H17BrN4O2. The maximum atomic E-state index is 11.1. The molecule has 1 aliphatic rings. The van der Waals surface area contributed by atoms with Gasteiger partial charge in [-0.05, 0) is 50.2 Å². The summed E-state index contributed by atoms with van der Waals surface area (Å²) in [6.45, 7) is 3.66. The number of anilines is 1. The molecule has 0 unspecified atom stereocenters. The third kappa shape index (κ3) is 2.45. The molecule has 1 aliphatic heterocycles. The second-order valence-corrected chi connectivity index (χ2v) is 7.87. The molecule has 26 heavy (non-hydrogen) atoms. The Bertz CT molecular complexity index is 1070. The lowest BCUT2D eigenvalue weighted by Crippen LogP contribution is -2.50. The minimum absolute atomic E-state index is 0.391. The SMILES string of the molecule is CC1(C)Oc2ccc(C#N)cc2[C@@H](n2nc(N)c3ccc(Br)cc32)[C@@H]1O. The standard InChI is InChI=1S/C19H17BrN4O2/c1-19(2)17(25)16(13-7-10(9-21)3-6-15(13)26-19)24-14-8-11(20)4-5-12(14)18(22)23-24/h3-8,16-17,25H,1-2H3,(H2,22,23)/t16-,17+/m1/s1. The van der Waals surface area contributed by atoms with E-state index in [1.165, 1.54) is 0 Å². The molecule has 7 heteroatoms. The van der Waals surface area contributed by atoms with Gasteiger partial charge in [-0.2, -0.15) is 10.4 Å². The fourth-order valence-corrected chi connectivity index (χ4v) is 3.80. The maximum absolute atomic E-state index is 11.1. The van der Waals surface area contributed by atoms with Crippen molar-refractivity contribution in [3.05, 3.63) is 52.0 Å². The van der Waals surface area contributed by atoms with Gasteiger partial charge in [0.2, 0.25) is 0 Å². The molecule has 0 amide bonds. The molecule has 2 heterocycles. The first kappa shape index (κ1) is 16.9. The number of benzene rings is 2. The van der Waals surface area contributed by atoms with Gasteiger partial charge in [0.1, 0.15) is 23.5 Å². The molecule has 0 spiro atoms. The van der Waals surface area contributed by atoms with Gasteiger partial charge in [0.05, 0.1) is 17.1 Å². The van der Waals surface area contributed by atoms with Gasteiger partial charge in [0.15, 0.2) is 5.82 Å². The van der Waals surface area contributed by atoms with Crippen molar-refractivity contribution in [3.63, 3.8) is 0 Å². The van der Waals surface area contributed by atoms with E-state index in [0.29, 0.717) is 22.7 Å². The summed E-state index contributed by atoms with van der Waals surface area (Å²) in [4.78, 5) is 0. The predicted molar refractivity (Wildman–Crippen MR) is 102 cm³/mol. The van der Waals surface area contributed by atoms with Crippen LogP contribution >= 0.6 is 15.9 Å². The normalized spacial score (nSPS) is 21.0. The van der Waals surface area contributed by atoms with E-state index in [2.05, 4.69) is 27.1 Å². The van der Waals surface area contributed by atoms with Crippen LogP contribution in [0.4, 0.5) is 5.82 Å². The number of ether oxygens (including phenoxy) is 1. The minimum Gasteiger partial charge on any atom is -0.485 e. The number of hydrogen-bond donors (Lipinski definition) is 2. The molecule has 1 aromatic heterocycles. The van der Waals surface area contributed by atoms with E-state index in [4.69, 9.17) is 10.5 Å². The number of halogens is 1. The van der Waals surface area contributed by atoms with Gasteiger partial charge in [0, 0.05) is 15.4 Å². The van der Waals surface area contributed by atoms with Crippen molar-refractivity contribution in [1.29, 1.82) is 5.26 Å². The van der Waals surface area contributed by atoms with Crippen molar-refractivity contribution in [3.8, 4) is 11.8 Å². The second kappa shape index (κ2) is 5.73. The Morgan fingerprint density at radius 1 is 1.31 bits per heavy atom. The van der Waals surface area contributed by atoms with E-state index in [-0.39, 0.29) is 0 Å². The number of nitrogen functional groups attached to an aromatic ring is 1. The average molecular weight is 413 g/mol. The largest absolute Gasteiger partial charge is 0.485 e. The average Bonchev–Trinajstić information content (AvgIpc) is 2.91. The predicted octanol–water partition coefficient (Wildman–Crippen LogP) is 3.37. The van der Waals surface area contributed by atoms with Crippen LogP contribution < -0.4 is 10.5 Å². The highest BCUT2D eigenvalue weighted by molar-refractivity contribution is 9.10.